The summed E-state index contributed by atoms with van der Waals surface area (Å²) in [7, 11) is 1.37. The average molecular weight is 1800 g/mol. The van der Waals surface area contributed by atoms with Crippen LogP contribution in [0.5, 0.6) is 0 Å². The summed E-state index contributed by atoms with van der Waals surface area (Å²) in [5, 5.41) is 21.6. The summed E-state index contributed by atoms with van der Waals surface area (Å²) in [5.41, 5.74) is 29.7. The minimum Gasteiger partial charge on any atom is -0.206 e. The minimum absolute atomic E-state index is 0.0984. The quantitative estimate of drug-likeness (QED) is 0.0762. The predicted molar refractivity (Wildman–Crippen MR) is 572 cm³/mol. The Morgan fingerprint density at radius 3 is 0.848 bits per heavy atom. The molecule has 0 saturated heterocycles. The molecule has 18 rings (SSSR count). The average Bonchev–Trinajstić information content (AvgIpc) is 0.628. The normalized spacial score (nSPS) is 11.8. The number of rotatable bonds is 14. The number of benzene rings is 14. The summed E-state index contributed by atoms with van der Waals surface area (Å²) in [6.07, 6.45) is 0. The summed E-state index contributed by atoms with van der Waals surface area (Å²) in [5.74, 6) is -0.215. The SMILES string of the molecule is Cc1cc(-c2c(C)cccc2C)ccc1-c1c2ccc([Si](C)(C)c3ccccc3)cc2cc(C)[n+]1C.Cc1cc(-c2c3ccc([Si](C)(C)c4ccccc4)cc3cc(C)[n+]2C)c(C)c(C)c1F.Cc1cc(-c2ccccc2)ccc1-c1c2ccc([Si](C)(C)c3ccccc3)cc2cc(C)[n+]1C.Cc1cc(C)c(F)c(-c2c3ccc([Si](C)(C)c4ccccc4)cc3cc(C)[n+]2C)c1C. The topological polar surface area (TPSA) is 15.5 Å². The van der Waals surface area contributed by atoms with E-state index in [4.69, 9.17) is 0 Å². The molecule has 0 fully saturated rings. The molecular formula is C122H130F2N4Si4+4. The Labute approximate surface area is 788 Å². The Morgan fingerprint density at radius 1 is 0.197 bits per heavy atom. The van der Waals surface area contributed by atoms with Crippen LogP contribution in [0, 0.1) is 109 Å². The van der Waals surface area contributed by atoms with Gasteiger partial charge >= 0.3 is 0 Å². The highest BCUT2D eigenvalue weighted by molar-refractivity contribution is 7.02. The van der Waals surface area contributed by atoms with Gasteiger partial charge in [-0.05, 0) is 211 Å². The van der Waals surface area contributed by atoms with Crippen molar-refractivity contribution in [1.82, 2.24) is 0 Å². The fourth-order valence-corrected chi connectivity index (χ4v) is 29.5. The lowest BCUT2D eigenvalue weighted by atomic mass is 9.91. The van der Waals surface area contributed by atoms with E-state index in [0.29, 0.717) is 11.1 Å². The standard InChI is InChI=1S/C34H36NSi.C32H32NSi.2C28H31FNSi/c1-23-12-11-13-24(2)33(23)27-16-18-31(25(3)20-27)34-32-19-17-30(22-28(32)21-26(4)35(34)5)36(6,7)29-14-9-8-10-15-29;1-23-20-26(25-12-8-6-9-13-25)16-18-30(23)32-31-19-17-29(22-27(31)21-24(2)33(32)3)34(4,5)28-14-10-7-11-15-28;1-18-15-26(20(3)21(4)27(18)29)28-25-14-13-24(17-22(25)16-19(2)30(28)5)31(6,7)23-11-9-8-10-12-23;1-18-15-19(2)27(29)26(21(18)4)28-25-14-13-24(17-22(25)16-20(3)30(28)5)31(6,7)23-11-9-8-10-12-23/h8-22H,1-7H3;6-22H,1-5H3;2*8-17H,1-7H3/q4*+1. The second kappa shape index (κ2) is 38.0. The van der Waals surface area contributed by atoms with Crippen molar-refractivity contribution >= 4 is 117 Å². The third kappa shape index (κ3) is 18.2. The molecule has 18 aromatic rings. The Morgan fingerprint density at radius 2 is 0.500 bits per heavy atom. The fourth-order valence-electron chi connectivity index (χ4n) is 20.0. The highest BCUT2D eigenvalue weighted by Crippen LogP contribution is 2.39. The number of hydrogen-bond donors (Lipinski definition) is 0. The Bertz CT molecular complexity index is 7420. The molecule has 14 aromatic carbocycles. The van der Waals surface area contributed by atoms with Crippen molar-refractivity contribution in [2.45, 2.75) is 149 Å². The zero-order valence-electron chi connectivity index (χ0n) is 82.6. The Hall–Kier alpha value is -12.6. The van der Waals surface area contributed by atoms with Crippen LogP contribution in [-0.4, -0.2) is 32.3 Å². The number of aromatic nitrogens is 4. The molecule has 132 heavy (non-hydrogen) atoms. The first kappa shape index (κ1) is 94.1. The van der Waals surface area contributed by atoms with Crippen LogP contribution in [0.4, 0.5) is 8.78 Å². The number of fused-ring (bicyclic) bond motifs is 4. The van der Waals surface area contributed by atoms with Crippen LogP contribution in [-0.2, 0) is 28.2 Å². The minimum atomic E-state index is -1.82. The van der Waals surface area contributed by atoms with E-state index in [0.717, 1.165) is 55.8 Å². The van der Waals surface area contributed by atoms with Crippen LogP contribution in [0.15, 0.2) is 315 Å². The zero-order chi connectivity index (χ0) is 94.5. The van der Waals surface area contributed by atoms with Gasteiger partial charge in [-0.3, -0.25) is 0 Å². The van der Waals surface area contributed by atoms with Gasteiger partial charge < -0.3 is 0 Å². The Kier molecular flexibility index (Phi) is 27.1. The second-order valence-electron chi connectivity index (χ2n) is 39.3. The molecule has 0 N–H and O–H groups in total. The van der Waals surface area contributed by atoms with Crippen LogP contribution < -0.4 is 59.8 Å². The predicted octanol–water partition coefficient (Wildman–Crippen LogP) is 24.5. The lowest BCUT2D eigenvalue weighted by Crippen LogP contribution is -2.52. The molecule has 0 unspecified atom stereocenters. The van der Waals surface area contributed by atoms with Crippen molar-refractivity contribution in [2.24, 2.45) is 28.2 Å². The third-order valence-electron chi connectivity index (χ3n) is 29.3. The molecule has 664 valence electrons. The first-order chi connectivity index (χ1) is 62.8. The number of pyridine rings is 4. The van der Waals surface area contributed by atoms with Crippen molar-refractivity contribution < 1.29 is 27.0 Å². The Balaban J connectivity index is 0.000000135. The number of aryl methyl sites for hydroxylation is 11. The van der Waals surface area contributed by atoms with E-state index in [1.165, 1.54) is 163 Å². The first-order valence-corrected chi connectivity index (χ1v) is 58.6. The lowest BCUT2D eigenvalue weighted by molar-refractivity contribution is -0.665. The van der Waals surface area contributed by atoms with Crippen molar-refractivity contribution in [3.8, 4) is 67.3 Å². The molecule has 0 radical (unpaired) electrons. The molecule has 0 atom stereocenters. The van der Waals surface area contributed by atoms with E-state index < -0.39 is 32.3 Å². The van der Waals surface area contributed by atoms with Crippen LogP contribution in [0.1, 0.15) is 78.4 Å². The van der Waals surface area contributed by atoms with Gasteiger partial charge in [0.2, 0.25) is 22.8 Å². The summed E-state index contributed by atoms with van der Waals surface area (Å²) < 4.78 is 39.0. The first-order valence-electron chi connectivity index (χ1n) is 46.6. The third-order valence-corrected chi connectivity index (χ3v) is 43.4. The van der Waals surface area contributed by atoms with Crippen molar-refractivity contribution in [2.75, 3.05) is 0 Å². The van der Waals surface area contributed by atoms with Gasteiger partial charge in [0.15, 0.2) is 22.8 Å². The van der Waals surface area contributed by atoms with Gasteiger partial charge in [0.1, 0.15) is 72.1 Å². The molecule has 4 aromatic heterocycles. The van der Waals surface area contributed by atoms with E-state index in [-0.39, 0.29) is 11.6 Å². The maximum atomic E-state index is 15.5. The monoisotopic (exact) mass is 1800 g/mol. The molecule has 10 heteroatoms. The molecule has 0 spiro atoms. The molecular weight excluding hydrogens is 1670 g/mol. The summed E-state index contributed by atoms with van der Waals surface area (Å²) in [6, 6.07) is 116. The number of hydrogen-bond acceptors (Lipinski definition) is 0. The summed E-state index contributed by atoms with van der Waals surface area (Å²) in [4.78, 5) is 0. The van der Waals surface area contributed by atoms with Crippen LogP contribution in [0.3, 0.4) is 0 Å². The van der Waals surface area contributed by atoms with Gasteiger partial charge in [-0.25, -0.2) is 8.78 Å². The maximum absolute atomic E-state index is 15.5. The van der Waals surface area contributed by atoms with Gasteiger partial charge in [0.25, 0.3) is 0 Å². The molecule has 0 aliphatic rings. The van der Waals surface area contributed by atoms with Crippen molar-refractivity contribution in [1.29, 1.82) is 0 Å². The highest BCUT2D eigenvalue weighted by Gasteiger charge is 2.35. The van der Waals surface area contributed by atoms with Crippen molar-refractivity contribution in [3.05, 3.63) is 405 Å². The molecule has 0 amide bonds. The van der Waals surface area contributed by atoms with Crippen LogP contribution in [0.25, 0.3) is 110 Å². The van der Waals surface area contributed by atoms with E-state index in [9.17, 15) is 4.39 Å². The van der Waals surface area contributed by atoms with E-state index in [2.05, 4.69) is 457 Å². The van der Waals surface area contributed by atoms with Gasteiger partial charge in [0.05, 0.1) is 32.7 Å². The molecule has 0 aliphatic heterocycles. The van der Waals surface area contributed by atoms with Crippen LogP contribution >= 0.6 is 0 Å². The molecule has 0 aliphatic carbocycles. The fraction of sp³-hybridized carbons (Fsp3) is 0.213. The smallest absolute Gasteiger partial charge is 0.206 e. The summed E-state index contributed by atoms with van der Waals surface area (Å²) >= 11 is 0. The molecule has 4 heterocycles. The van der Waals surface area contributed by atoms with Gasteiger partial charge in [-0.2, -0.15) is 18.3 Å². The van der Waals surface area contributed by atoms with Crippen molar-refractivity contribution in [3.63, 3.8) is 0 Å². The van der Waals surface area contributed by atoms with Gasteiger partial charge in [-0.15, -0.1) is 0 Å². The largest absolute Gasteiger partial charge is 0.223 e. The highest BCUT2D eigenvalue weighted by atomic mass is 28.3. The van der Waals surface area contributed by atoms with E-state index >= 15 is 4.39 Å². The molecule has 0 bridgehead atoms. The van der Waals surface area contributed by atoms with Gasteiger partial charge in [0, 0.05) is 63.1 Å². The van der Waals surface area contributed by atoms with Crippen LogP contribution in [0.2, 0.25) is 52.4 Å². The number of halogens is 2. The van der Waals surface area contributed by atoms with Gasteiger partial charge in [-0.1, -0.05) is 343 Å². The lowest BCUT2D eigenvalue weighted by Gasteiger charge is -2.24. The number of nitrogens with zero attached hydrogens (tertiary/aromatic N) is 4. The van der Waals surface area contributed by atoms with E-state index in [1.807, 2.05) is 53.8 Å². The van der Waals surface area contributed by atoms with E-state index in [1.54, 1.807) is 0 Å². The zero-order valence-corrected chi connectivity index (χ0v) is 86.6. The molecule has 4 nitrogen and oxygen atoms in total. The second-order valence-corrected chi connectivity index (χ2v) is 56.9. The molecule has 0 saturated carbocycles. The maximum Gasteiger partial charge on any atom is 0.223 e. The summed E-state index contributed by atoms with van der Waals surface area (Å²) in [6.45, 7) is 48.7.